The molecule has 2 nitrogen and oxygen atoms in total. The van der Waals surface area contributed by atoms with Crippen molar-refractivity contribution in [2.45, 2.75) is 19.8 Å². The van der Waals surface area contributed by atoms with Gasteiger partial charge in [0.15, 0.2) is 28.4 Å². The number of nitrogens with zero attached hydrogens (tertiary/aromatic N) is 1. The number of anilines is 1. The second-order valence-electron chi connectivity index (χ2n) is 4.11. The molecule has 2 rings (SSSR count). The van der Waals surface area contributed by atoms with Crippen LogP contribution in [0.15, 0.2) is 6.07 Å². The molecule has 2 aromatic rings. The van der Waals surface area contributed by atoms with Crippen LogP contribution in [0.1, 0.15) is 29.0 Å². The van der Waals surface area contributed by atoms with Gasteiger partial charge in [-0.05, 0) is 6.92 Å². The maximum Gasteiger partial charge on any atom is 0.180 e. The Bertz CT molecular complexity index is 613. The molecule has 0 fully saturated rings. The van der Waals surface area contributed by atoms with E-state index in [-0.39, 0.29) is 11.2 Å². The number of aromatic nitrogens is 1. The summed E-state index contributed by atoms with van der Waals surface area (Å²) >= 11 is 1.03. The van der Waals surface area contributed by atoms with Crippen molar-refractivity contribution >= 4 is 16.5 Å². The van der Waals surface area contributed by atoms with E-state index in [1.807, 2.05) is 0 Å². The highest BCUT2D eigenvalue weighted by atomic mass is 32.1. The molecule has 0 bridgehead atoms. The summed E-state index contributed by atoms with van der Waals surface area (Å²) in [5, 5.41) is 0.233. The van der Waals surface area contributed by atoms with Crippen molar-refractivity contribution in [3.8, 4) is 0 Å². The monoisotopic (exact) mass is 290 g/mol. The van der Waals surface area contributed by atoms with E-state index in [0.29, 0.717) is 10.6 Å². The van der Waals surface area contributed by atoms with Crippen molar-refractivity contribution < 1.29 is 17.6 Å². The summed E-state index contributed by atoms with van der Waals surface area (Å²) in [5.41, 5.74) is 5.34. The van der Waals surface area contributed by atoms with Crippen molar-refractivity contribution in [3.63, 3.8) is 0 Å². The van der Waals surface area contributed by atoms with Crippen LogP contribution in [0.4, 0.5) is 22.7 Å². The first-order valence-electron chi connectivity index (χ1n) is 5.38. The van der Waals surface area contributed by atoms with Crippen LogP contribution in [0, 0.1) is 30.2 Å². The molecule has 0 saturated carbocycles. The van der Waals surface area contributed by atoms with Gasteiger partial charge in [0.1, 0.15) is 0 Å². The number of nitrogens with two attached hydrogens (primary N) is 1. The third kappa shape index (κ3) is 2.30. The van der Waals surface area contributed by atoms with Gasteiger partial charge in [0.2, 0.25) is 0 Å². The lowest BCUT2D eigenvalue weighted by Gasteiger charge is -2.13. The minimum absolute atomic E-state index is 0.189. The van der Waals surface area contributed by atoms with E-state index in [4.69, 9.17) is 5.73 Å². The number of hydrogen-bond acceptors (Lipinski definition) is 3. The van der Waals surface area contributed by atoms with Gasteiger partial charge in [0, 0.05) is 22.4 Å². The fourth-order valence-electron chi connectivity index (χ4n) is 1.93. The number of hydrogen-bond donors (Lipinski definition) is 1. The van der Waals surface area contributed by atoms with Gasteiger partial charge in [-0.2, -0.15) is 0 Å². The van der Waals surface area contributed by atoms with Gasteiger partial charge in [0.25, 0.3) is 0 Å². The average molecular weight is 290 g/mol. The molecule has 1 heterocycles. The molecule has 0 aliphatic rings. The third-order valence-electron chi connectivity index (χ3n) is 2.82. The van der Waals surface area contributed by atoms with Crippen molar-refractivity contribution in [3.05, 3.63) is 45.5 Å². The fourth-order valence-corrected chi connectivity index (χ4v) is 2.83. The highest BCUT2D eigenvalue weighted by Crippen LogP contribution is 2.36. The average Bonchev–Trinajstić information content (AvgIpc) is 2.66. The number of benzene rings is 1. The Morgan fingerprint density at radius 2 is 1.68 bits per heavy atom. The van der Waals surface area contributed by atoms with Crippen molar-refractivity contribution in [2.24, 2.45) is 0 Å². The molecule has 0 radical (unpaired) electrons. The summed E-state index contributed by atoms with van der Waals surface area (Å²) in [4.78, 5) is 4.40. The molecular formula is C12H10F4N2S. The molecular weight excluding hydrogens is 280 g/mol. The maximum absolute atomic E-state index is 13.7. The Morgan fingerprint density at radius 3 is 2.11 bits per heavy atom. The van der Waals surface area contributed by atoms with Crippen LogP contribution in [-0.2, 0) is 0 Å². The molecule has 0 amide bonds. The molecule has 19 heavy (non-hydrogen) atoms. The van der Waals surface area contributed by atoms with E-state index in [0.717, 1.165) is 11.3 Å². The molecule has 7 heteroatoms. The van der Waals surface area contributed by atoms with Crippen LogP contribution in [0.3, 0.4) is 0 Å². The van der Waals surface area contributed by atoms with E-state index >= 15 is 0 Å². The van der Waals surface area contributed by atoms with E-state index in [1.54, 1.807) is 6.92 Å². The van der Waals surface area contributed by atoms with Crippen LogP contribution in [-0.4, -0.2) is 4.98 Å². The van der Waals surface area contributed by atoms with E-state index < -0.39 is 34.8 Å². The summed E-state index contributed by atoms with van der Waals surface area (Å²) in [6.07, 6.45) is 0. The first-order valence-corrected chi connectivity index (χ1v) is 6.20. The van der Waals surface area contributed by atoms with E-state index in [9.17, 15) is 17.6 Å². The molecule has 0 aliphatic heterocycles. The Hall–Kier alpha value is -1.63. The third-order valence-corrected chi connectivity index (χ3v) is 3.99. The second-order valence-corrected chi connectivity index (χ2v) is 5.17. The van der Waals surface area contributed by atoms with Crippen molar-refractivity contribution in [2.75, 3.05) is 5.73 Å². The van der Waals surface area contributed by atoms with Gasteiger partial charge >= 0.3 is 0 Å². The lowest BCUT2D eigenvalue weighted by atomic mass is 9.97. The summed E-state index contributed by atoms with van der Waals surface area (Å²) in [6.45, 7) is 3.06. The number of rotatable bonds is 2. The molecule has 2 N–H and O–H groups in total. The zero-order valence-electron chi connectivity index (χ0n) is 10.1. The van der Waals surface area contributed by atoms with Gasteiger partial charge in [-0.25, -0.2) is 22.5 Å². The summed E-state index contributed by atoms with van der Waals surface area (Å²) in [7, 11) is 0. The maximum atomic E-state index is 13.7. The highest BCUT2D eigenvalue weighted by molar-refractivity contribution is 7.15. The van der Waals surface area contributed by atoms with Gasteiger partial charge < -0.3 is 5.73 Å². The summed E-state index contributed by atoms with van der Waals surface area (Å²) in [5.74, 6) is -6.50. The first kappa shape index (κ1) is 13.8. The predicted molar refractivity (Wildman–Crippen MR) is 65.1 cm³/mol. The lowest BCUT2D eigenvalue weighted by molar-refractivity contribution is 0.435. The molecule has 102 valence electrons. The van der Waals surface area contributed by atoms with Crippen LogP contribution < -0.4 is 5.73 Å². The summed E-state index contributed by atoms with van der Waals surface area (Å²) < 4.78 is 53.7. The van der Waals surface area contributed by atoms with Crippen LogP contribution in [0.25, 0.3) is 0 Å². The highest BCUT2D eigenvalue weighted by Gasteiger charge is 2.26. The lowest BCUT2D eigenvalue weighted by Crippen LogP contribution is -2.07. The van der Waals surface area contributed by atoms with Gasteiger partial charge in [-0.1, -0.05) is 6.92 Å². The molecule has 1 atom stereocenters. The smallest absolute Gasteiger partial charge is 0.180 e. The molecule has 1 aromatic heterocycles. The molecule has 0 spiro atoms. The standard InChI is InChI=1S/C12H10F4N2S/c1-4(11-5(2)18-12(17)19-11)8-9(15)6(13)3-7(14)10(8)16/h3-4H,1-2H3,(H2,17,18). The number of aryl methyl sites for hydroxylation is 1. The van der Waals surface area contributed by atoms with E-state index in [2.05, 4.69) is 4.98 Å². The summed E-state index contributed by atoms with van der Waals surface area (Å²) in [6, 6.07) is 0.189. The molecule has 1 aromatic carbocycles. The minimum Gasteiger partial charge on any atom is -0.375 e. The zero-order valence-corrected chi connectivity index (χ0v) is 10.9. The zero-order chi connectivity index (χ0) is 14.3. The fraction of sp³-hybridized carbons (Fsp3) is 0.250. The second kappa shape index (κ2) is 4.80. The SMILES string of the molecule is Cc1nc(N)sc1C(C)c1c(F)c(F)cc(F)c1F. The van der Waals surface area contributed by atoms with Crippen LogP contribution in [0.2, 0.25) is 0 Å². The molecule has 1 unspecified atom stereocenters. The molecule has 0 saturated heterocycles. The van der Waals surface area contributed by atoms with Crippen molar-refractivity contribution in [1.29, 1.82) is 0 Å². The van der Waals surface area contributed by atoms with Gasteiger partial charge in [0.05, 0.1) is 5.69 Å². The normalized spacial score (nSPS) is 12.7. The number of thiazole rings is 1. The topological polar surface area (TPSA) is 38.9 Å². The van der Waals surface area contributed by atoms with Gasteiger partial charge in [-0.15, -0.1) is 11.3 Å². The Labute approximate surface area is 110 Å². The first-order chi connectivity index (χ1) is 8.82. The van der Waals surface area contributed by atoms with Crippen LogP contribution in [0.5, 0.6) is 0 Å². The predicted octanol–water partition coefficient (Wildman–Crippen LogP) is 3.74. The molecule has 0 aliphatic carbocycles. The van der Waals surface area contributed by atoms with Gasteiger partial charge in [-0.3, -0.25) is 0 Å². The largest absolute Gasteiger partial charge is 0.375 e. The van der Waals surface area contributed by atoms with Crippen LogP contribution >= 0.6 is 11.3 Å². The number of halogens is 4. The Morgan fingerprint density at radius 1 is 1.16 bits per heavy atom. The minimum atomic E-state index is -1.42. The number of nitrogen functional groups attached to an aromatic ring is 1. The van der Waals surface area contributed by atoms with E-state index in [1.165, 1.54) is 6.92 Å². The Balaban J connectivity index is 2.62. The quantitative estimate of drug-likeness (QED) is 0.676. The van der Waals surface area contributed by atoms with Crippen molar-refractivity contribution in [1.82, 2.24) is 4.98 Å². The Kier molecular flexibility index (Phi) is 3.49.